The SMILES string of the molecule is CCOC(=O)C1=C(COC(=O)Cc2cccs2)NC(=O)N[C@@H]1c1ccccc1. The van der Waals surface area contributed by atoms with Gasteiger partial charge in [0.1, 0.15) is 6.61 Å². The van der Waals surface area contributed by atoms with E-state index in [1.807, 2.05) is 35.7 Å². The van der Waals surface area contributed by atoms with E-state index in [1.54, 1.807) is 19.1 Å². The fraction of sp³-hybridized carbons (Fsp3) is 0.250. The van der Waals surface area contributed by atoms with Crippen molar-refractivity contribution in [1.82, 2.24) is 10.6 Å². The van der Waals surface area contributed by atoms with Crippen molar-refractivity contribution in [3.05, 3.63) is 69.6 Å². The van der Waals surface area contributed by atoms with E-state index in [4.69, 9.17) is 9.47 Å². The molecule has 2 N–H and O–H groups in total. The molecule has 0 radical (unpaired) electrons. The van der Waals surface area contributed by atoms with Crippen LogP contribution in [0, 0.1) is 0 Å². The van der Waals surface area contributed by atoms with Crippen molar-refractivity contribution >= 4 is 29.3 Å². The molecule has 8 heteroatoms. The van der Waals surface area contributed by atoms with Crippen molar-refractivity contribution in [3.63, 3.8) is 0 Å². The number of thiophene rings is 1. The van der Waals surface area contributed by atoms with Gasteiger partial charge in [0.05, 0.1) is 30.3 Å². The summed E-state index contributed by atoms with van der Waals surface area (Å²) in [6.07, 6.45) is 0.133. The van der Waals surface area contributed by atoms with E-state index < -0.39 is 24.0 Å². The van der Waals surface area contributed by atoms with Gasteiger partial charge in [0.15, 0.2) is 0 Å². The first-order valence-electron chi connectivity index (χ1n) is 8.79. The van der Waals surface area contributed by atoms with Gasteiger partial charge in [-0.15, -0.1) is 11.3 Å². The Hall–Kier alpha value is -3.13. The molecule has 1 atom stereocenters. The summed E-state index contributed by atoms with van der Waals surface area (Å²) in [6.45, 7) is 1.66. The van der Waals surface area contributed by atoms with Crippen molar-refractivity contribution in [3.8, 4) is 0 Å². The predicted molar refractivity (Wildman–Crippen MR) is 103 cm³/mol. The number of hydrogen-bond acceptors (Lipinski definition) is 6. The van der Waals surface area contributed by atoms with Crippen LogP contribution in [0.5, 0.6) is 0 Å². The number of amides is 2. The molecule has 2 heterocycles. The molecule has 0 saturated heterocycles. The molecule has 1 aliphatic heterocycles. The summed E-state index contributed by atoms with van der Waals surface area (Å²) in [6, 6.07) is 11.6. The molecule has 146 valence electrons. The van der Waals surface area contributed by atoms with E-state index >= 15 is 0 Å². The maximum absolute atomic E-state index is 12.6. The van der Waals surface area contributed by atoms with Crippen LogP contribution in [-0.4, -0.2) is 31.2 Å². The van der Waals surface area contributed by atoms with Crippen molar-refractivity contribution < 1.29 is 23.9 Å². The Labute approximate surface area is 166 Å². The third kappa shape index (κ3) is 4.77. The van der Waals surface area contributed by atoms with Crippen LogP contribution in [0.15, 0.2) is 59.1 Å². The highest BCUT2D eigenvalue weighted by atomic mass is 32.1. The molecule has 0 aliphatic carbocycles. The summed E-state index contributed by atoms with van der Waals surface area (Å²) in [7, 11) is 0. The topological polar surface area (TPSA) is 93.7 Å². The maximum atomic E-state index is 12.6. The van der Waals surface area contributed by atoms with Crippen LogP contribution >= 0.6 is 11.3 Å². The first-order valence-corrected chi connectivity index (χ1v) is 9.67. The second-order valence-electron chi connectivity index (χ2n) is 5.97. The quantitative estimate of drug-likeness (QED) is 0.697. The summed E-state index contributed by atoms with van der Waals surface area (Å²) in [5.41, 5.74) is 1.16. The lowest BCUT2D eigenvalue weighted by atomic mass is 9.95. The Kier molecular flexibility index (Phi) is 6.44. The monoisotopic (exact) mass is 400 g/mol. The molecule has 1 aliphatic rings. The van der Waals surface area contributed by atoms with Gasteiger partial charge >= 0.3 is 18.0 Å². The van der Waals surface area contributed by atoms with Crippen LogP contribution in [0.1, 0.15) is 23.4 Å². The zero-order chi connectivity index (χ0) is 19.9. The third-order valence-corrected chi connectivity index (χ3v) is 4.93. The number of benzene rings is 1. The van der Waals surface area contributed by atoms with Gasteiger partial charge in [0.25, 0.3) is 0 Å². The minimum absolute atomic E-state index is 0.133. The highest BCUT2D eigenvalue weighted by Gasteiger charge is 2.34. The summed E-state index contributed by atoms with van der Waals surface area (Å²) in [5.74, 6) is -1.02. The Morgan fingerprint density at radius 1 is 1.11 bits per heavy atom. The summed E-state index contributed by atoms with van der Waals surface area (Å²) >= 11 is 1.46. The largest absolute Gasteiger partial charge is 0.463 e. The van der Waals surface area contributed by atoms with E-state index in [0.29, 0.717) is 0 Å². The molecular weight excluding hydrogens is 380 g/mol. The Balaban J connectivity index is 1.84. The number of hydrogen-bond donors (Lipinski definition) is 2. The molecule has 3 rings (SSSR count). The molecule has 28 heavy (non-hydrogen) atoms. The zero-order valence-electron chi connectivity index (χ0n) is 15.3. The number of carbonyl (C=O) groups is 3. The summed E-state index contributed by atoms with van der Waals surface area (Å²) in [5, 5.41) is 7.18. The molecule has 1 aromatic carbocycles. The van der Waals surface area contributed by atoms with Crippen LogP contribution in [0.25, 0.3) is 0 Å². The van der Waals surface area contributed by atoms with Crippen molar-refractivity contribution in [2.45, 2.75) is 19.4 Å². The molecule has 0 spiro atoms. The minimum Gasteiger partial charge on any atom is -0.463 e. The molecule has 2 amide bonds. The van der Waals surface area contributed by atoms with Gasteiger partial charge in [-0.05, 0) is 23.9 Å². The van der Waals surface area contributed by atoms with Gasteiger partial charge in [0.2, 0.25) is 0 Å². The maximum Gasteiger partial charge on any atom is 0.338 e. The van der Waals surface area contributed by atoms with E-state index in [-0.39, 0.29) is 30.9 Å². The fourth-order valence-electron chi connectivity index (χ4n) is 2.84. The molecule has 0 saturated carbocycles. The second-order valence-corrected chi connectivity index (χ2v) is 7.00. The molecule has 0 bridgehead atoms. The number of urea groups is 1. The normalized spacial score (nSPS) is 16.2. The highest BCUT2D eigenvalue weighted by molar-refractivity contribution is 7.10. The lowest BCUT2D eigenvalue weighted by molar-refractivity contribution is -0.143. The van der Waals surface area contributed by atoms with Crippen LogP contribution in [0.2, 0.25) is 0 Å². The summed E-state index contributed by atoms with van der Waals surface area (Å²) < 4.78 is 10.5. The summed E-state index contributed by atoms with van der Waals surface area (Å²) in [4.78, 5) is 37.7. The van der Waals surface area contributed by atoms with Crippen molar-refractivity contribution in [1.29, 1.82) is 0 Å². The van der Waals surface area contributed by atoms with Crippen LogP contribution in [0.4, 0.5) is 4.79 Å². The third-order valence-electron chi connectivity index (χ3n) is 4.06. The van der Waals surface area contributed by atoms with E-state index in [2.05, 4.69) is 10.6 Å². The van der Waals surface area contributed by atoms with Gasteiger partial charge in [-0.1, -0.05) is 36.4 Å². The number of rotatable bonds is 7. The van der Waals surface area contributed by atoms with Gasteiger partial charge in [0, 0.05) is 4.88 Å². The Morgan fingerprint density at radius 3 is 2.57 bits per heavy atom. The molecule has 2 aromatic rings. The van der Waals surface area contributed by atoms with E-state index in [1.165, 1.54) is 11.3 Å². The van der Waals surface area contributed by atoms with E-state index in [9.17, 15) is 14.4 Å². The van der Waals surface area contributed by atoms with Crippen molar-refractivity contribution in [2.24, 2.45) is 0 Å². The first kappa shape index (κ1) is 19.6. The minimum atomic E-state index is -0.694. The Bertz CT molecular complexity index is 877. The van der Waals surface area contributed by atoms with Gasteiger partial charge in [-0.3, -0.25) is 4.79 Å². The molecule has 1 aromatic heterocycles. The van der Waals surface area contributed by atoms with E-state index in [0.717, 1.165) is 10.4 Å². The number of nitrogens with one attached hydrogen (secondary N) is 2. The van der Waals surface area contributed by atoms with Crippen molar-refractivity contribution in [2.75, 3.05) is 13.2 Å². The average Bonchev–Trinajstić information content (AvgIpc) is 3.19. The second kappa shape index (κ2) is 9.18. The van der Waals surface area contributed by atoms with Crippen LogP contribution in [0.3, 0.4) is 0 Å². The fourth-order valence-corrected chi connectivity index (χ4v) is 3.53. The van der Waals surface area contributed by atoms with Gasteiger partial charge < -0.3 is 20.1 Å². The first-order chi connectivity index (χ1) is 13.6. The number of carbonyl (C=O) groups excluding carboxylic acids is 3. The highest BCUT2D eigenvalue weighted by Crippen LogP contribution is 2.27. The lowest BCUT2D eigenvalue weighted by Crippen LogP contribution is -2.47. The average molecular weight is 400 g/mol. The van der Waals surface area contributed by atoms with Crippen LogP contribution in [-0.2, 0) is 25.5 Å². The molecule has 7 nitrogen and oxygen atoms in total. The predicted octanol–water partition coefficient (Wildman–Crippen LogP) is 2.71. The zero-order valence-corrected chi connectivity index (χ0v) is 16.1. The molecule has 0 unspecified atom stereocenters. The lowest BCUT2D eigenvalue weighted by Gasteiger charge is -2.29. The smallest absolute Gasteiger partial charge is 0.338 e. The van der Waals surface area contributed by atoms with Gasteiger partial charge in [-0.2, -0.15) is 0 Å². The van der Waals surface area contributed by atoms with Gasteiger partial charge in [-0.25, -0.2) is 9.59 Å². The number of ether oxygens (including phenoxy) is 2. The molecular formula is C20H20N2O5S. The standard InChI is InChI=1S/C20H20N2O5S/c1-2-26-19(24)17-15(12-27-16(23)11-14-9-6-10-28-14)21-20(25)22-18(17)13-7-4-3-5-8-13/h3-10,18H,2,11-12H2,1H3,(H2,21,22,25)/t18-/m1/s1. The number of esters is 2. The Morgan fingerprint density at radius 2 is 1.89 bits per heavy atom. The van der Waals surface area contributed by atoms with Crippen LogP contribution < -0.4 is 10.6 Å². The molecule has 0 fully saturated rings.